The molecule has 3 N–H and O–H groups in total. The summed E-state index contributed by atoms with van der Waals surface area (Å²) in [5.41, 5.74) is 3.58. The number of anilines is 1. The quantitative estimate of drug-likeness (QED) is 0.378. The molecular weight excluding hydrogens is 444 g/mol. The van der Waals surface area contributed by atoms with Gasteiger partial charge in [-0.1, -0.05) is 29.8 Å². The largest absolute Gasteiger partial charge is 0.361 e. The number of aromatic amines is 1. The van der Waals surface area contributed by atoms with E-state index in [2.05, 4.69) is 26.7 Å². The zero-order chi connectivity index (χ0) is 22.1. The molecule has 8 heteroatoms. The van der Waals surface area contributed by atoms with E-state index in [1.165, 1.54) is 22.3 Å². The Hall–Kier alpha value is -3.16. The molecule has 2 aromatic heterocycles. The van der Waals surface area contributed by atoms with Gasteiger partial charge in [-0.15, -0.1) is 11.3 Å². The Labute approximate surface area is 194 Å². The number of rotatable bonds is 6. The van der Waals surface area contributed by atoms with Crippen LogP contribution in [0.15, 0.2) is 54.7 Å². The van der Waals surface area contributed by atoms with Crippen molar-refractivity contribution >= 4 is 50.8 Å². The van der Waals surface area contributed by atoms with Crippen molar-refractivity contribution in [1.82, 2.24) is 15.3 Å². The second-order valence-corrected chi connectivity index (χ2v) is 9.30. The molecule has 0 fully saturated rings. The van der Waals surface area contributed by atoms with Crippen LogP contribution in [-0.4, -0.2) is 28.3 Å². The number of carbonyl (C=O) groups is 2. The maximum Gasteiger partial charge on any atom is 0.257 e. The van der Waals surface area contributed by atoms with Gasteiger partial charge in [0, 0.05) is 39.1 Å². The number of benzene rings is 2. The van der Waals surface area contributed by atoms with Crippen molar-refractivity contribution in [2.24, 2.45) is 0 Å². The molecule has 1 atom stereocenters. The van der Waals surface area contributed by atoms with Gasteiger partial charge in [-0.05, 0) is 55.2 Å². The normalized spacial score (nSPS) is 15.0. The van der Waals surface area contributed by atoms with Gasteiger partial charge in [-0.25, -0.2) is 4.98 Å². The summed E-state index contributed by atoms with van der Waals surface area (Å²) >= 11 is 7.32. The molecule has 162 valence electrons. The predicted molar refractivity (Wildman–Crippen MR) is 128 cm³/mol. The predicted octanol–water partition coefficient (Wildman–Crippen LogP) is 4.92. The number of H-pyrrole nitrogens is 1. The van der Waals surface area contributed by atoms with Crippen LogP contribution in [0.4, 0.5) is 5.13 Å². The smallest absolute Gasteiger partial charge is 0.257 e. The summed E-state index contributed by atoms with van der Waals surface area (Å²) < 4.78 is 0. The third-order valence-electron chi connectivity index (χ3n) is 5.73. The Morgan fingerprint density at radius 1 is 1.16 bits per heavy atom. The highest BCUT2D eigenvalue weighted by Gasteiger charge is 2.32. The molecule has 0 radical (unpaired) electrons. The third-order valence-corrected chi connectivity index (χ3v) is 7.03. The van der Waals surface area contributed by atoms with Crippen molar-refractivity contribution < 1.29 is 9.59 Å². The molecule has 0 bridgehead atoms. The molecule has 0 spiro atoms. The maximum absolute atomic E-state index is 12.8. The second-order valence-electron chi connectivity index (χ2n) is 7.78. The van der Waals surface area contributed by atoms with Gasteiger partial charge in [0.15, 0.2) is 5.13 Å². The SMILES string of the molecule is O=C(Nc1nc2c(s1)CCC2C(=O)NCCc1c[nH]c2ccccc12)c1ccc(Cl)cc1. The van der Waals surface area contributed by atoms with Crippen LogP contribution in [0.5, 0.6) is 0 Å². The molecule has 0 saturated heterocycles. The highest BCUT2D eigenvalue weighted by molar-refractivity contribution is 7.16. The third kappa shape index (κ3) is 4.13. The second kappa shape index (κ2) is 8.76. The van der Waals surface area contributed by atoms with Crippen LogP contribution in [0.1, 0.15) is 38.8 Å². The van der Waals surface area contributed by atoms with Crippen molar-refractivity contribution in [3.63, 3.8) is 0 Å². The van der Waals surface area contributed by atoms with Crippen LogP contribution in [0, 0.1) is 0 Å². The van der Waals surface area contributed by atoms with Crippen molar-refractivity contribution in [3.05, 3.63) is 81.4 Å². The van der Waals surface area contributed by atoms with Crippen LogP contribution in [-0.2, 0) is 17.6 Å². The van der Waals surface area contributed by atoms with Gasteiger partial charge >= 0.3 is 0 Å². The van der Waals surface area contributed by atoms with Gasteiger partial charge in [0.05, 0.1) is 11.6 Å². The highest BCUT2D eigenvalue weighted by atomic mass is 35.5. The van der Waals surface area contributed by atoms with E-state index in [1.807, 2.05) is 24.4 Å². The summed E-state index contributed by atoms with van der Waals surface area (Å²) in [5.74, 6) is -0.524. The Bertz CT molecular complexity index is 1300. The summed E-state index contributed by atoms with van der Waals surface area (Å²) in [4.78, 5) is 34.2. The van der Waals surface area contributed by atoms with E-state index in [9.17, 15) is 9.59 Å². The summed E-state index contributed by atoms with van der Waals surface area (Å²) in [7, 11) is 0. The Kier molecular flexibility index (Phi) is 5.68. The number of fused-ring (bicyclic) bond motifs is 2. The number of halogens is 1. The molecular formula is C24H21ClN4O2S. The summed E-state index contributed by atoms with van der Waals surface area (Å²) in [6, 6.07) is 14.8. The molecule has 2 amide bonds. The van der Waals surface area contributed by atoms with Gasteiger partial charge in [0.25, 0.3) is 5.91 Å². The minimum absolute atomic E-state index is 0.00975. The first-order valence-electron chi connectivity index (χ1n) is 10.5. The Morgan fingerprint density at radius 3 is 2.81 bits per heavy atom. The van der Waals surface area contributed by atoms with Crippen molar-refractivity contribution in [3.8, 4) is 0 Å². The van der Waals surface area contributed by atoms with E-state index in [1.54, 1.807) is 24.3 Å². The molecule has 6 nitrogen and oxygen atoms in total. The lowest BCUT2D eigenvalue weighted by Crippen LogP contribution is -2.30. The van der Waals surface area contributed by atoms with Gasteiger partial charge in [-0.3, -0.25) is 14.9 Å². The van der Waals surface area contributed by atoms with Gasteiger partial charge in [0.2, 0.25) is 5.91 Å². The number of aryl methyl sites for hydroxylation is 1. The van der Waals surface area contributed by atoms with E-state index in [-0.39, 0.29) is 17.7 Å². The number of thiazole rings is 1. The number of nitrogens with one attached hydrogen (secondary N) is 3. The maximum atomic E-state index is 12.8. The summed E-state index contributed by atoms with van der Waals surface area (Å²) in [6.45, 7) is 0.566. The molecule has 32 heavy (non-hydrogen) atoms. The van der Waals surface area contributed by atoms with E-state index in [0.717, 1.165) is 35.4 Å². The lowest BCUT2D eigenvalue weighted by atomic mass is 10.1. The standard InChI is InChI=1S/C24H21ClN4O2S/c25-16-7-5-14(6-8-16)22(30)29-24-28-21-18(9-10-20(21)32-24)23(31)26-12-11-15-13-27-19-4-2-1-3-17(15)19/h1-8,13,18,27H,9-12H2,(H,26,31)(H,28,29,30). The van der Waals surface area contributed by atoms with Gasteiger partial charge < -0.3 is 10.3 Å². The topological polar surface area (TPSA) is 86.9 Å². The average molecular weight is 465 g/mol. The van der Waals surface area contributed by atoms with E-state index >= 15 is 0 Å². The fraction of sp³-hybridized carbons (Fsp3) is 0.208. The summed E-state index contributed by atoms with van der Waals surface area (Å²) in [6.07, 6.45) is 4.30. The molecule has 0 saturated carbocycles. The first-order chi connectivity index (χ1) is 15.6. The van der Waals surface area contributed by atoms with Crippen LogP contribution >= 0.6 is 22.9 Å². The van der Waals surface area contributed by atoms with E-state index in [4.69, 9.17) is 11.6 Å². The molecule has 1 aliphatic rings. The van der Waals surface area contributed by atoms with Crippen LogP contribution in [0.25, 0.3) is 10.9 Å². The lowest BCUT2D eigenvalue weighted by molar-refractivity contribution is -0.122. The van der Waals surface area contributed by atoms with Crippen LogP contribution < -0.4 is 10.6 Å². The monoisotopic (exact) mass is 464 g/mol. The Balaban J connectivity index is 1.20. The first kappa shape index (κ1) is 20.7. The number of carbonyl (C=O) groups excluding carboxylic acids is 2. The molecule has 4 aromatic rings. The van der Waals surface area contributed by atoms with Gasteiger partial charge in [0.1, 0.15) is 0 Å². The van der Waals surface area contributed by atoms with Crippen molar-refractivity contribution in [2.45, 2.75) is 25.2 Å². The Morgan fingerprint density at radius 2 is 1.97 bits per heavy atom. The van der Waals surface area contributed by atoms with Crippen LogP contribution in [0.3, 0.4) is 0 Å². The number of para-hydroxylation sites is 1. The zero-order valence-electron chi connectivity index (χ0n) is 17.2. The van der Waals surface area contributed by atoms with E-state index in [0.29, 0.717) is 22.3 Å². The van der Waals surface area contributed by atoms with E-state index < -0.39 is 0 Å². The number of hydrogen-bond donors (Lipinski definition) is 3. The molecule has 1 unspecified atom stereocenters. The zero-order valence-corrected chi connectivity index (χ0v) is 18.7. The number of hydrogen-bond acceptors (Lipinski definition) is 4. The fourth-order valence-electron chi connectivity index (χ4n) is 4.09. The molecule has 0 aliphatic heterocycles. The van der Waals surface area contributed by atoms with Gasteiger partial charge in [-0.2, -0.15) is 0 Å². The molecule has 5 rings (SSSR count). The van der Waals surface area contributed by atoms with Crippen molar-refractivity contribution in [2.75, 3.05) is 11.9 Å². The molecule has 2 heterocycles. The fourth-order valence-corrected chi connectivity index (χ4v) is 5.25. The first-order valence-corrected chi connectivity index (χ1v) is 11.7. The minimum atomic E-state index is -0.273. The number of aromatic nitrogens is 2. The molecule has 1 aliphatic carbocycles. The van der Waals surface area contributed by atoms with Crippen LogP contribution in [0.2, 0.25) is 5.02 Å². The molecule has 2 aromatic carbocycles. The number of amides is 2. The highest BCUT2D eigenvalue weighted by Crippen LogP contribution is 2.38. The van der Waals surface area contributed by atoms with Crippen molar-refractivity contribution in [1.29, 1.82) is 0 Å². The minimum Gasteiger partial charge on any atom is -0.361 e. The lowest BCUT2D eigenvalue weighted by Gasteiger charge is -2.10. The number of nitrogens with zero attached hydrogens (tertiary/aromatic N) is 1. The summed E-state index contributed by atoms with van der Waals surface area (Å²) in [5, 5.41) is 8.18. The average Bonchev–Trinajstić information content (AvgIpc) is 3.48.